The van der Waals surface area contributed by atoms with E-state index in [1.807, 2.05) is 0 Å². The molecule has 6 nitrogen and oxygen atoms in total. The van der Waals surface area contributed by atoms with Crippen molar-refractivity contribution in [2.24, 2.45) is 0 Å². The Kier molecular flexibility index (Phi) is 14.0. The van der Waals surface area contributed by atoms with E-state index in [0.717, 1.165) is 37.8 Å². The first kappa shape index (κ1) is 36.0. The van der Waals surface area contributed by atoms with Crippen LogP contribution in [0.2, 0.25) is 51.4 Å². The molecule has 0 aromatic heterocycles. The standard InChI is InChI=1S/C28H56O6Si3/c1-15-27(7,35(9,10)21-17-19-31-25(29)23(3)4)34-37(13,14)28(8,16-2)33-36(11,12)22-18-20-32-26(30)24(5)6/h3,5,15-22H2,1-2,4,6-14H3. The number of ether oxygens (including phenoxy) is 2. The summed E-state index contributed by atoms with van der Waals surface area (Å²) in [5.41, 5.74) is 0.860. The molecule has 2 atom stereocenters. The lowest BCUT2D eigenvalue weighted by molar-refractivity contribution is -0.139. The molecule has 0 saturated carbocycles. The van der Waals surface area contributed by atoms with Gasteiger partial charge in [0.25, 0.3) is 0 Å². The average molecular weight is 573 g/mol. The van der Waals surface area contributed by atoms with E-state index >= 15 is 0 Å². The number of hydrogen-bond donors (Lipinski definition) is 0. The van der Waals surface area contributed by atoms with Crippen molar-refractivity contribution in [2.45, 2.75) is 129 Å². The van der Waals surface area contributed by atoms with Crippen molar-refractivity contribution in [2.75, 3.05) is 13.2 Å². The van der Waals surface area contributed by atoms with Crippen molar-refractivity contribution in [3.8, 4) is 0 Å². The highest BCUT2D eigenvalue weighted by Gasteiger charge is 2.53. The highest BCUT2D eigenvalue weighted by molar-refractivity contribution is 6.82. The summed E-state index contributed by atoms with van der Waals surface area (Å²) in [6, 6.07) is 1.92. The average Bonchev–Trinajstić information content (AvgIpc) is 2.77. The van der Waals surface area contributed by atoms with Gasteiger partial charge < -0.3 is 18.3 Å². The predicted molar refractivity (Wildman–Crippen MR) is 162 cm³/mol. The second-order valence-corrected chi connectivity index (χ2v) is 26.4. The van der Waals surface area contributed by atoms with Gasteiger partial charge in [-0.3, -0.25) is 0 Å². The van der Waals surface area contributed by atoms with Crippen molar-refractivity contribution in [1.29, 1.82) is 0 Å². The van der Waals surface area contributed by atoms with E-state index in [9.17, 15) is 9.59 Å². The van der Waals surface area contributed by atoms with E-state index < -0.39 is 24.7 Å². The van der Waals surface area contributed by atoms with Crippen molar-refractivity contribution in [3.63, 3.8) is 0 Å². The van der Waals surface area contributed by atoms with Crippen molar-refractivity contribution >= 4 is 36.6 Å². The molecule has 0 aliphatic heterocycles. The van der Waals surface area contributed by atoms with E-state index in [0.29, 0.717) is 24.4 Å². The fourth-order valence-corrected chi connectivity index (χ4v) is 15.5. The van der Waals surface area contributed by atoms with Crippen LogP contribution in [0.15, 0.2) is 24.3 Å². The van der Waals surface area contributed by atoms with Crippen LogP contribution in [0.5, 0.6) is 0 Å². The van der Waals surface area contributed by atoms with Gasteiger partial charge >= 0.3 is 11.9 Å². The van der Waals surface area contributed by atoms with Crippen LogP contribution >= 0.6 is 0 Å². The number of esters is 2. The van der Waals surface area contributed by atoms with Gasteiger partial charge in [0.1, 0.15) is 0 Å². The zero-order valence-corrected chi connectivity index (χ0v) is 29.0. The Hall–Kier alpha value is -1.01. The van der Waals surface area contributed by atoms with Crippen LogP contribution in [-0.4, -0.2) is 60.3 Å². The lowest BCUT2D eigenvalue weighted by Crippen LogP contribution is -2.66. The molecule has 0 rings (SSSR count). The number of carbonyl (C=O) groups is 2. The van der Waals surface area contributed by atoms with Crippen LogP contribution in [0.4, 0.5) is 0 Å². The summed E-state index contributed by atoms with van der Waals surface area (Å²) in [6.07, 6.45) is 3.43. The molecule has 0 aromatic rings. The Labute approximate surface area is 230 Å². The summed E-state index contributed by atoms with van der Waals surface area (Å²) in [5.74, 6) is -0.653. The quantitative estimate of drug-likeness (QED) is 0.0730. The van der Waals surface area contributed by atoms with Gasteiger partial charge in [0, 0.05) is 16.4 Å². The molecule has 9 heteroatoms. The fraction of sp³-hybridized carbons (Fsp3) is 0.786. The molecule has 2 unspecified atom stereocenters. The molecule has 0 amide bonds. The monoisotopic (exact) mass is 572 g/mol. The zero-order valence-electron chi connectivity index (χ0n) is 26.0. The second-order valence-electron chi connectivity index (χ2n) is 12.6. The van der Waals surface area contributed by atoms with Gasteiger partial charge in [-0.15, -0.1) is 0 Å². The molecular weight excluding hydrogens is 517 g/mol. The molecule has 0 aliphatic rings. The Morgan fingerprint density at radius 3 is 1.49 bits per heavy atom. The molecule has 37 heavy (non-hydrogen) atoms. The molecule has 0 aliphatic carbocycles. The number of hydrogen-bond acceptors (Lipinski definition) is 6. The van der Waals surface area contributed by atoms with Gasteiger partial charge in [-0.2, -0.15) is 0 Å². The topological polar surface area (TPSA) is 71.1 Å². The largest absolute Gasteiger partial charge is 0.462 e. The van der Waals surface area contributed by atoms with E-state index in [1.165, 1.54) is 0 Å². The van der Waals surface area contributed by atoms with Gasteiger partial charge in [-0.1, -0.05) is 46.1 Å². The van der Waals surface area contributed by atoms with E-state index in [-0.39, 0.29) is 22.4 Å². The highest BCUT2D eigenvalue weighted by atomic mass is 28.4. The molecule has 0 fully saturated rings. The summed E-state index contributed by atoms with van der Waals surface area (Å²) >= 11 is 0. The SMILES string of the molecule is C=C(C)C(=O)OCCC[Si](C)(C)OC(C)(CC)[Si](C)(C)OC(C)(CC)[Si](C)(C)CCCOC(=O)C(=C)C. The highest BCUT2D eigenvalue weighted by Crippen LogP contribution is 2.41. The smallest absolute Gasteiger partial charge is 0.333 e. The van der Waals surface area contributed by atoms with Crippen molar-refractivity contribution in [3.05, 3.63) is 24.3 Å². The maximum Gasteiger partial charge on any atom is 0.333 e. The first-order valence-corrected chi connectivity index (χ1v) is 23.0. The number of rotatable bonds is 18. The normalized spacial score (nSPS) is 15.9. The van der Waals surface area contributed by atoms with E-state index in [2.05, 4.69) is 80.1 Å². The Morgan fingerprint density at radius 2 is 1.11 bits per heavy atom. The molecule has 0 spiro atoms. The Bertz CT molecular complexity index is 808. The lowest BCUT2D eigenvalue weighted by atomic mass is 10.3. The summed E-state index contributed by atoms with van der Waals surface area (Å²) in [5, 5.41) is -0.557. The molecule has 0 saturated heterocycles. The summed E-state index contributed by atoms with van der Waals surface area (Å²) < 4.78 is 24.9. The van der Waals surface area contributed by atoms with Crippen molar-refractivity contribution in [1.82, 2.24) is 0 Å². The first-order chi connectivity index (χ1) is 16.7. The third-order valence-electron chi connectivity index (χ3n) is 8.07. The Morgan fingerprint density at radius 1 is 0.703 bits per heavy atom. The van der Waals surface area contributed by atoms with Crippen LogP contribution < -0.4 is 0 Å². The minimum Gasteiger partial charge on any atom is -0.462 e. The maximum atomic E-state index is 11.7. The van der Waals surface area contributed by atoms with Crippen LogP contribution in [0, 0.1) is 0 Å². The Balaban J connectivity index is 5.42. The van der Waals surface area contributed by atoms with Gasteiger partial charge in [-0.05, 0) is 85.6 Å². The predicted octanol–water partition coefficient (Wildman–Crippen LogP) is 7.57. The molecule has 0 radical (unpaired) electrons. The van der Waals surface area contributed by atoms with Crippen LogP contribution in [0.1, 0.15) is 67.2 Å². The van der Waals surface area contributed by atoms with E-state index in [1.54, 1.807) is 13.8 Å². The third-order valence-corrected chi connectivity index (χ3v) is 19.9. The minimum atomic E-state index is -2.34. The minimum absolute atomic E-state index is 0.219. The summed E-state index contributed by atoms with van der Waals surface area (Å²) in [4.78, 5) is 23.4. The molecule has 216 valence electrons. The molecular formula is C28H56O6Si3. The van der Waals surface area contributed by atoms with Gasteiger partial charge in [0.05, 0.1) is 26.5 Å². The van der Waals surface area contributed by atoms with Crippen LogP contribution in [0.3, 0.4) is 0 Å². The van der Waals surface area contributed by atoms with Crippen LogP contribution in [-0.2, 0) is 27.9 Å². The second kappa shape index (κ2) is 14.4. The third kappa shape index (κ3) is 10.9. The summed E-state index contributed by atoms with van der Waals surface area (Å²) in [6.45, 7) is 34.2. The molecule has 0 bridgehead atoms. The number of carbonyl (C=O) groups excluding carboxylic acids is 2. The maximum absolute atomic E-state index is 11.7. The molecule has 0 N–H and O–H groups in total. The fourth-order valence-electron chi connectivity index (χ4n) is 4.49. The van der Waals surface area contributed by atoms with E-state index in [4.69, 9.17) is 18.3 Å². The molecule has 0 heterocycles. The summed E-state index contributed by atoms with van der Waals surface area (Å²) in [7, 11) is -6.25. The lowest BCUT2D eigenvalue weighted by Gasteiger charge is -2.53. The first-order valence-electron chi connectivity index (χ1n) is 13.7. The van der Waals surface area contributed by atoms with Gasteiger partial charge in [0.15, 0.2) is 8.32 Å². The van der Waals surface area contributed by atoms with Gasteiger partial charge in [-0.25, -0.2) is 9.59 Å². The van der Waals surface area contributed by atoms with Gasteiger partial charge in [0.2, 0.25) is 8.32 Å². The van der Waals surface area contributed by atoms with Crippen LogP contribution in [0.25, 0.3) is 0 Å². The van der Waals surface area contributed by atoms with Crippen molar-refractivity contribution < 1.29 is 27.9 Å². The molecule has 0 aromatic carbocycles. The zero-order chi connectivity index (χ0) is 29.3.